The van der Waals surface area contributed by atoms with Crippen LogP contribution < -0.4 is 0 Å². The van der Waals surface area contributed by atoms with Crippen LogP contribution in [0.15, 0.2) is 11.0 Å². The van der Waals surface area contributed by atoms with Gasteiger partial charge in [-0.2, -0.15) is 0 Å². The number of allylic oxidation sites excluding steroid dienone is 1. The molecular formula is C3H4Cl2GeO2. The van der Waals surface area contributed by atoms with Gasteiger partial charge in [-0.25, -0.2) is 0 Å². The van der Waals surface area contributed by atoms with Crippen LogP contribution in [0, 0.1) is 0 Å². The molecule has 0 aromatic carbocycles. The molecule has 1 N–H and O–H groups in total. The van der Waals surface area contributed by atoms with Gasteiger partial charge in [0.15, 0.2) is 0 Å². The van der Waals surface area contributed by atoms with Gasteiger partial charge in [-0.15, -0.1) is 0 Å². The van der Waals surface area contributed by atoms with Crippen LogP contribution in [-0.4, -0.2) is 23.6 Å². The molecule has 0 atom stereocenters. The second-order valence-corrected chi connectivity index (χ2v) is 4.31. The third-order valence-electron chi connectivity index (χ3n) is 0.384. The van der Waals surface area contributed by atoms with Crippen molar-refractivity contribution in [2.24, 2.45) is 0 Å². The molecule has 0 aliphatic carbocycles. The SMILES string of the molecule is [O]=[Ge]([OH])[CH]=CC(Cl)Cl. The van der Waals surface area contributed by atoms with E-state index < -0.39 is 19.5 Å². The number of rotatable bonds is 2. The van der Waals surface area contributed by atoms with Crippen molar-refractivity contribution < 1.29 is 7.91 Å². The molecule has 0 saturated heterocycles. The number of hydrogen-bond acceptors (Lipinski definition) is 1. The summed E-state index contributed by atoms with van der Waals surface area (Å²) in [4.78, 5) is 0.476. The fourth-order valence-electron chi connectivity index (χ4n) is 0.155. The van der Waals surface area contributed by atoms with Gasteiger partial charge in [-0.1, -0.05) is 0 Å². The third kappa shape index (κ3) is 6.46. The van der Waals surface area contributed by atoms with Crippen molar-refractivity contribution in [1.82, 2.24) is 0 Å². The molecule has 0 aromatic heterocycles. The van der Waals surface area contributed by atoms with E-state index in [-0.39, 0.29) is 0 Å². The number of alkyl halides is 2. The van der Waals surface area contributed by atoms with Gasteiger partial charge in [0.05, 0.1) is 0 Å². The Balaban J connectivity index is 3.50. The maximum absolute atomic E-state index is 9.95. The van der Waals surface area contributed by atoms with Gasteiger partial charge < -0.3 is 0 Å². The summed E-state index contributed by atoms with van der Waals surface area (Å²) in [6.07, 6.45) is 1.28. The van der Waals surface area contributed by atoms with E-state index in [1.54, 1.807) is 0 Å². The molecule has 0 rings (SSSR count). The van der Waals surface area contributed by atoms with Gasteiger partial charge in [-0.3, -0.25) is 0 Å². The average Bonchev–Trinajstić information content (AvgIpc) is 1.61. The summed E-state index contributed by atoms with van der Waals surface area (Å²) < 4.78 is 18.2. The topological polar surface area (TPSA) is 37.3 Å². The Hall–Kier alpha value is 0.463. The Kier molecular flexibility index (Phi) is 4.60. The number of halogens is 2. The van der Waals surface area contributed by atoms with Crippen LogP contribution in [0.3, 0.4) is 0 Å². The standard InChI is InChI=1S/C3H4Cl2GeO2/c4-3(5)1-2-6(7)8/h1-3,7H. The molecule has 0 heterocycles. The molecule has 46 valence electrons. The van der Waals surface area contributed by atoms with E-state index in [4.69, 9.17) is 27.3 Å². The zero-order valence-electron chi connectivity index (χ0n) is 3.84. The fraction of sp³-hybridized carbons (Fsp3) is 0.333. The fourth-order valence-corrected chi connectivity index (χ4v) is 1.56. The molecule has 0 fully saturated rings. The van der Waals surface area contributed by atoms with Gasteiger partial charge >= 0.3 is 61.6 Å². The average molecular weight is 216 g/mol. The molecule has 0 aliphatic rings. The normalized spacial score (nSPS) is 10.9. The van der Waals surface area contributed by atoms with Crippen molar-refractivity contribution in [2.45, 2.75) is 4.84 Å². The first-order chi connectivity index (χ1) is 3.63. The Morgan fingerprint density at radius 1 is 1.62 bits per heavy atom. The van der Waals surface area contributed by atoms with Gasteiger partial charge in [0.1, 0.15) is 0 Å². The summed E-state index contributed by atoms with van der Waals surface area (Å²) in [6, 6.07) is 0. The summed E-state index contributed by atoms with van der Waals surface area (Å²) >= 11 is 7.31. The summed E-state index contributed by atoms with van der Waals surface area (Å²) in [5, 5.41) is 0. The molecule has 0 aromatic rings. The first-order valence-corrected chi connectivity index (χ1v) is 5.70. The van der Waals surface area contributed by atoms with Crippen molar-refractivity contribution in [3.63, 3.8) is 0 Å². The molecule has 0 amide bonds. The van der Waals surface area contributed by atoms with Crippen LogP contribution in [-0.2, 0) is 3.78 Å². The van der Waals surface area contributed by atoms with Crippen LogP contribution in [0.25, 0.3) is 0 Å². The van der Waals surface area contributed by atoms with Crippen molar-refractivity contribution >= 4 is 37.8 Å². The van der Waals surface area contributed by atoms with Crippen LogP contribution in [0.1, 0.15) is 0 Å². The van der Waals surface area contributed by atoms with E-state index in [9.17, 15) is 3.78 Å². The summed E-state index contributed by atoms with van der Waals surface area (Å²) in [7, 11) is 0. The van der Waals surface area contributed by atoms with Crippen molar-refractivity contribution in [1.29, 1.82) is 0 Å². The molecule has 0 unspecified atom stereocenters. The maximum atomic E-state index is 9.95. The van der Waals surface area contributed by atoms with Gasteiger partial charge in [0.2, 0.25) is 0 Å². The summed E-state index contributed by atoms with van der Waals surface area (Å²) in [5.74, 6) is 0. The number of hydrogen-bond donors (Lipinski definition) is 1. The van der Waals surface area contributed by atoms with Crippen molar-refractivity contribution in [2.75, 3.05) is 0 Å². The van der Waals surface area contributed by atoms with Gasteiger partial charge in [0.25, 0.3) is 0 Å². The molecule has 0 aliphatic heterocycles. The monoisotopic (exact) mass is 216 g/mol. The molecule has 0 saturated carbocycles. The van der Waals surface area contributed by atoms with E-state index in [0.29, 0.717) is 0 Å². The zero-order chi connectivity index (χ0) is 6.57. The summed E-state index contributed by atoms with van der Waals surface area (Å²) in [5.41, 5.74) is 0. The third-order valence-corrected chi connectivity index (χ3v) is 1.68. The molecule has 0 spiro atoms. The minimum atomic E-state index is -3.05. The quantitative estimate of drug-likeness (QED) is 0.547. The predicted molar refractivity (Wildman–Crippen MR) is 33.3 cm³/mol. The second-order valence-electron chi connectivity index (χ2n) is 1.03. The van der Waals surface area contributed by atoms with Gasteiger partial charge in [-0.05, 0) is 0 Å². The first kappa shape index (κ1) is 8.46. The first-order valence-electron chi connectivity index (χ1n) is 1.82. The molecule has 0 radical (unpaired) electrons. The van der Waals surface area contributed by atoms with Crippen LogP contribution in [0.4, 0.5) is 0 Å². The second kappa shape index (κ2) is 4.35. The zero-order valence-corrected chi connectivity index (χ0v) is 7.45. The van der Waals surface area contributed by atoms with Gasteiger partial charge in [0, 0.05) is 0 Å². The summed E-state index contributed by atoms with van der Waals surface area (Å²) in [6.45, 7) is 0. The van der Waals surface area contributed by atoms with E-state index in [2.05, 4.69) is 0 Å². The molecule has 0 bridgehead atoms. The van der Waals surface area contributed by atoms with Crippen molar-refractivity contribution in [3.05, 3.63) is 11.0 Å². The van der Waals surface area contributed by atoms with Crippen LogP contribution in [0.2, 0.25) is 0 Å². The Labute approximate surface area is 61.8 Å². The minimum absolute atomic E-state index is 0.668. The van der Waals surface area contributed by atoms with E-state index in [1.165, 1.54) is 6.08 Å². The van der Waals surface area contributed by atoms with E-state index in [1.807, 2.05) is 0 Å². The van der Waals surface area contributed by atoms with E-state index >= 15 is 0 Å². The van der Waals surface area contributed by atoms with Crippen LogP contribution >= 0.6 is 23.2 Å². The molecule has 2 nitrogen and oxygen atoms in total. The van der Waals surface area contributed by atoms with Crippen molar-refractivity contribution in [3.8, 4) is 0 Å². The Bertz CT molecular complexity index is 112. The molecular weight excluding hydrogens is 212 g/mol. The molecule has 5 heteroatoms. The Morgan fingerprint density at radius 3 is 2.25 bits per heavy atom. The van der Waals surface area contributed by atoms with Crippen LogP contribution in [0.5, 0.6) is 0 Å². The van der Waals surface area contributed by atoms with E-state index in [0.717, 1.165) is 4.91 Å². The predicted octanol–water partition coefficient (Wildman–Crippen LogP) is 0.796. The Morgan fingerprint density at radius 2 is 2.12 bits per heavy atom. The molecule has 8 heavy (non-hydrogen) atoms.